The van der Waals surface area contributed by atoms with Crippen LogP contribution in [0, 0.1) is 11.7 Å². The number of carbonyl (C=O) groups is 1. The molecule has 2 aliphatic rings. The molecule has 2 aliphatic heterocycles. The molecular formula is C23H25FN4O2. The van der Waals surface area contributed by atoms with E-state index in [1.807, 2.05) is 29.3 Å². The Bertz CT molecular complexity index is 1050. The second-order valence-corrected chi connectivity index (χ2v) is 8.19. The average Bonchev–Trinajstić information content (AvgIpc) is 3.23. The van der Waals surface area contributed by atoms with Gasteiger partial charge in [0.15, 0.2) is 11.5 Å². The molecule has 6 nitrogen and oxygen atoms in total. The van der Waals surface area contributed by atoms with E-state index in [4.69, 9.17) is 14.8 Å². The maximum atomic E-state index is 13.6. The number of fused-ring (bicyclic) bond motifs is 1. The molecule has 0 aliphatic carbocycles. The van der Waals surface area contributed by atoms with Crippen LogP contribution in [0.3, 0.4) is 0 Å². The Morgan fingerprint density at radius 2 is 1.83 bits per heavy atom. The standard InChI is InChI=1S/C23H25FN4O2/c24-20-3-1-2-18(14-20)19-4-5-21-25-22(26-28(21)15-19)16-6-10-27(11-7-16)23(29)17-8-12-30-13-9-17/h1-5,14-17H,6-13H2. The molecule has 4 heterocycles. The first-order chi connectivity index (χ1) is 14.7. The topological polar surface area (TPSA) is 59.7 Å². The third-order valence-electron chi connectivity index (χ3n) is 6.25. The molecule has 0 unspecified atom stereocenters. The molecule has 1 amide bonds. The summed E-state index contributed by atoms with van der Waals surface area (Å²) in [6.07, 6.45) is 5.32. The number of piperidine rings is 1. The van der Waals surface area contributed by atoms with E-state index in [-0.39, 0.29) is 23.6 Å². The summed E-state index contributed by atoms with van der Waals surface area (Å²) in [6, 6.07) is 10.4. The van der Waals surface area contributed by atoms with Crippen molar-refractivity contribution in [1.82, 2.24) is 19.5 Å². The summed E-state index contributed by atoms with van der Waals surface area (Å²) in [7, 11) is 0. The van der Waals surface area contributed by atoms with Crippen molar-refractivity contribution in [2.24, 2.45) is 5.92 Å². The van der Waals surface area contributed by atoms with Crippen molar-refractivity contribution < 1.29 is 13.9 Å². The number of halogens is 1. The number of hydrogen-bond acceptors (Lipinski definition) is 4. The third kappa shape index (κ3) is 3.81. The predicted octanol–water partition coefficient (Wildman–Crippen LogP) is 3.67. The van der Waals surface area contributed by atoms with Gasteiger partial charge in [0.2, 0.25) is 5.91 Å². The number of likely N-dealkylation sites (tertiary alicyclic amines) is 1. The molecule has 1 aromatic carbocycles. The van der Waals surface area contributed by atoms with Crippen LogP contribution in [0.4, 0.5) is 4.39 Å². The van der Waals surface area contributed by atoms with E-state index in [1.165, 1.54) is 12.1 Å². The van der Waals surface area contributed by atoms with Gasteiger partial charge < -0.3 is 9.64 Å². The Morgan fingerprint density at radius 1 is 1.03 bits per heavy atom. The van der Waals surface area contributed by atoms with E-state index in [0.29, 0.717) is 13.2 Å². The van der Waals surface area contributed by atoms with Crippen LogP contribution in [-0.4, -0.2) is 51.7 Å². The second-order valence-electron chi connectivity index (χ2n) is 8.19. The maximum Gasteiger partial charge on any atom is 0.225 e. The fourth-order valence-electron chi connectivity index (χ4n) is 4.47. The zero-order valence-electron chi connectivity index (χ0n) is 16.8. The molecule has 3 aromatic rings. The maximum absolute atomic E-state index is 13.6. The first-order valence-electron chi connectivity index (χ1n) is 10.7. The Kier molecular flexibility index (Phi) is 5.21. The number of benzene rings is 1. The molecule has 0 saturated carbocycles. The summed E-state index contributed by atoms with van der Waals surface area (Å²) in [5.74, 6) is 1.21. The number of rotatable bonds is 3. The molecule has 2 fully saturated rings. The molecule has 5 rings (SSSR count). The van der Waals surface area contributed by atoms with Gasteiger partial charge in [0.1, 0.15) is 5.82 Å². The zero-order valence-corrected chi connectivity index (χ0v) is 16.8. The molecule has 0 spiro atoms. The smallest absolute Gasteiger partial charge is 0.225 e. The van der Waals surface area contributed by atoms with Crippen molar-refractivity contribution in [2.45, 2.75) is 31.6 Å². The van der Waals surface area contributed by atoms with Crippen molar-refractivity contribution in [1.29, 1.82) is 0 Å². The molecule has 30 heavy (non-hydrogen) atoms. The molecule has 0 radical (unpaired) electrons. The molecule has 7 heteroatoms. The van der Waals surface area contributed by atoms with Gasteiger partial charge in [-0.3, -0.25) is 4.79 Å². The SMILES string of the molecule is O=C(C1CCOCC1)N1CCC(c2nc3ccc(-c4cccc(F)c4)cn3n2)CC1. The molecule has 156 valence electrons. The highest BCUT2D eigenvalue weighted by atomic mass is 19.1. The largest absolute Gasteiger partial charge is 0.381 e. The zero-order chi connectivity index (χ0) is 20.5. The molecule has 0 N–H and O–H groups in total. The highest BCUT2D eigenvalue weighted by Gasteiger charge is 2.31. The minimum Gasteiger partial charge on any atom is -0.381 e. The molecule has 2 aromatic heterocycles. The highest BCUT2D eigenvalue weighted by molar-refractivity contribution is 5.79. The van der Waals surface area contributed by atoms with Gasteiger partial charge in [-0.25, -0.2) is 13.9 Å². The van der Waals surface area contributed by atoms with Crippen LogP contribution in [0.1, 0.15) is 37.4 Å². The van der Waals surface area contributed by atoms with Gasteiger partial charge in [-0.2, -0.15) is 5.10 Å². The molecule has 2 saturated heterocycles. The van der Waals surface area contributed by atoms with E-state index in [9.17, 15) is 9.18 Å². The minimum atomic E-state index is -0.256. The third-order valence-corrected chi connectivity index (χ3v) is 6.25. The number of ether oxygens (including phenoxy) is 1. The van der Waals surface area contributed by atoms with Crippen LogP contribution in [-0.2, 0) is 9.53 Å². The van der Waals surface area contributed by atoms with Gasteiger partial charge in [-0.15, -0.1) is 0 Å². The average molecular weight is 408 g/mol. The van der Waals surface area contributed by atoms with Crippen LogP contribution < -0.4 is 0 Å². The van der Waals surface area contributed by atoms with Gasteiger partial charge in [0, 0.05) is 49.9 Å². The Labute approximate surface area is 174 Å². The number of carbonyl (C=O) groups excluding carboxylic acids is 1. The van der Waals surface area contributed by atoms with E-state index in [1.54, 1.807) is 10.6 Å². The van der Waals surface area contributed by atoms with Gasteiger partial charge in [0.05, 0.1) is 0 Å². The Balaban J connectivity index is 1.28. The van der Waals surface area contributed by atoms with Crippen LogP contribution >= 0.6 is 0 Å². The Morgan fingerprint density at radius 3 is 2.60 bits per heavy atom. The van der Waals surface area contributed by atoms with Crippen LogP contribution in [0.2, 0.25) is 0 Å². The molecule has 0 atom stereocenters. The van der Waals surface area contributed by atoms with Crippen LogP contribution in [0.5, 0.6) is 0 Å². The van der Waals surface area contributed by atoms with Gasteiger partial charge in [-0.1, -0.05) is 12.1 Å². The van der Waals surface area contributed by atoms with Crippen molar-refractivity contribution in [3.63, 3.8) is 0 Å². The van der Waals surface area contributed by atoms with Gasteiger partial charge in [-0.05, 0) is 55.5 Å². The summed E-state index contributed by atoms with van der Waals surface area (Å²) < 4.78 is 20.7. The number of aromatic nitrogens is 3. The predicted molar refractivity (Wildman–Crippen MR) is 110 cm³/mol. The number of pyridine rings is 1. The quantitative estimate of drug-likeness (QED) is 0.664. The lowest BCUT2D eigenvalue weighted by molar-refractivity contribution is -0.139. The lowest BCUT2D eigenvalue weighted by atomic mass is 9.93. The van der Waals surface area contributed by atoms with Crippen molar-refractivity contribution in [3.05, 3.63) is 54.2 Å². The highest BCUT2D eigenvalue weighted by Crippen LogP contribution is 2.29. The molecule has 0 bridgehead atoms. The number of hydrogen-bond donors (Lipinski definition) is 0. The fraction of sp³-hybridized carbons (Fsp3) is 0.435. The van der Waals surface area contributed by atoms with Crippen LogP contribution in [0.15, 0.2) is 42.6 Å². The minimum absolute atomic E-state index is 0.116. The molecular weight excluding hydrogens is 383 g/mol. The summed E-state index contributed by atoms with van der Waals surface area (Å²) >= 11 is 0. The van der Waals surface area contributed by atoms with E-state index < -0.39 is 0 Å². The second kappa shape index (κ2) is 8.14. The van der Waals surface area contributed by atoms with Crippen molar-refractivity contribution in [3.8, 4) is 11.1 Å². The van der Waals surface area contributed by atoms with Crippen molar-refractivity contribution >= 4 is 11.6 Å². The first kappa shape index (κ1) is 19.2. The summed E-state index contributed by atoms with van der Waals surface area (Å²) in [5.41, 5.74) is 2.50. The number of amides is 1. The lowest BCUT2D eigenvalue weighted by Gasteiger charge is -2.34. The van der Waals surface area contributed by atoms with E-state index in [0.717, 1.165) is 61.4 Å². The fourth-order valence-corrected chi connectivity index (χ4v) is 4.47. The van der Waals surface area contributed by atoms with E-state index >= 15 is 0 Å². The van der Waals surface area contributed by atoms with Crippen LogP contribution in [0.25, 0.3) is 16.8 Å². The monoisotopic (exact) mass is 408 g/mol. The number of nitrogens with zero attached hydrogens (tertiary/aromatic N) is 4. The van der Waals surface area contributed by atoms with Crippen molar-refractivity contribution in [2.75, 3.05) is 26.3 Å². The first-order valence-corrected chi connectivity index (χ1v) is 10.7. The van der Waals surface area contributed by atoms with E-state index in [2.05, 4.69) is 0 Å². The summed E-state index contributed by atoms with van der Waals surface area (Å²) in [5, 5.41) is 4.70. The summed E-state index contributed by atoms with van der Waals surface area (Å²) in [4.78, 5) is 19.5. The van der Waals surface area contributed by atoms with Gasteiger partial charge >= 0.3 is 0 Å². The normalized spacial score (nSPS) is 18.8. The van der Waals surface area contributed by atoms with Gasteiger partial charge in [0.25, 0.3) is 0 Å². The lowest BCUT2D eigenvalue weighted by Crippen LogP contribution is -2.42. The Hall–Kier alpha value is -2.80. The summed E-state index contributed by atoms with van der Waals surface area (Å²) in [6.45, 7) is 2.89.